The maximum Gasteiger partial charge on any atom is 0.364 e. The zero-order valence-electron chi connectivity index (χ0n) is 63.4. The average molecular weight is 1790 g/mol. The number of esters is 6. The Balaban J connectivity index is 0.000000177. The van der Waals surface area contributed by atoms with Crippen molar-refractivity contribution in [1.29, 1.82) is 0 Å². The highest BCUT2D eigenvalue weighted by Crippen LogP contribution is 2.70. The molecule has 20 atom stereocenters. The Hall–Kier alpha value is -4.31. The van der Waals surface area contributed by atoms with E-state index in [4.69, 9.17) is 33.2 Å². The van der Waals surface area contributed by atoms with E-state index in [1.54, 1.807) is 41.5 Å². The fourth-order valence-corrected chi connectivity index (χ4v) is 24.1. The first-order valence-electron chi connectivity index (χ1n) is 37.0. The maximum atomic E-state index is 13.6. The Kier molecular flexibility index (Phi) is 27.2. The van der Waals surface area contributed by atoms with Crippen LogP contribution in [0, 0.1) is 75.4 Å². The van der Waals surface area contributed by atoms with E-state index in [1.165, 1.54) is 25.6 Å². The van der Waals surface area contributed by atoms with Crippen LogP contribution in [0.15, 0.2) is 0 Å². The second-order valence-corrected chi connectivity index (χ2v) is 41.8. The van der Waals surface area contributed by atoms with Crippen LogP contribution in [-0.2, 0) is 112 Å². The van der Waals surface area contributed by atoms with Crippen molar-refractivity contribution in [2.75, 3.05) is 39.6 Å². The van der Waals surface area contributed by atoms with Crippen LogP contribution >= 0.6 is 11.8 Å². The number of rotatable bonds is 32. The van der Waals surface area contributed by atoms with Gasteiger partial charge in [-0.3, -0.25) is 19.2 Å². The zero-order valence-corrected chi connectivity index (χ0v) is 67.5. The predicted molar refractivity (Wildman–Crippen MR) is 362 cm³/mol. The van der Waals surface area contributed by atoms with Crippen LogP contribution in [0.3, 0.4) is 0 Å². The fraction of sp³-hybridized carbons (Fsp3) is 0.912. The van der Waals surface area contributed by atoms with Crippen molar-refractivity contribution < 1.29 is 196 Å². The summed E-state index contributed by atoms with van der Waals surface area (Å²) in [4.78, 5) is 73.1. The summed E-state index contributed by atoms with van der Waals surface area (Å²) in [6, 6.07) is 0. The van der Waals surface area contributed by atoms with Gasteiger partial charge in [0.25, 0.3) is 0 Å². The molecule has 6 aliphatic heterocycles. The lowest BCUT2D eigenvalue weighted by Gasteiger charge is -2.64. The van der Waals surface area contributed by atoms with Gasteiger partial charge in [0, 0.05) is 48.2 Å². The minimum absolute atomic E-state index is 0.0230. The van der Waals surface area contributed by atoms with Gasteiger partial charge >= 0.3 is 56.8 Å². The molecule has 6 saturated heterocycles. The van der Waals surface area contributed by atoms with Crippen molar-refractivity contribution in [3.8, 4) is 0 Å². The Morgan fingerprint density at radius 2 is 0.853 bits per heavy atom. The fourth-order valence-electron chi connectivity index (χ4n) is 20.1. The van der Waals surface area contributed by atoms with E-state index in [2.05, 4.69) is 9.47 Å². The minimum atomic E-state index is -6.20. The second-order valence-electron chi connectivity index (χ2n) is 34.6. The van der Waals surface area contributed by atoms with E-state index in [0.29, 0.717) is 38.0 Å². The van der Waals surface area contributed by atoms with Gasteiger partial charge in [-0.1, -0.05) is 0 Å². The van der Waals surface area contributed by atoms with Gasteiger partial charge in [0.1, 0.15) is 37.6 Å². The SMILES string of the molecule is CC(C)(O)C12CC3CC(C1)C(C(=O)OCCC(F)C(F)(F)S(=O)(=O)[O-])C(C3)C2.CC(C)(O)C12CC3CC(CC(C(=O)OCCC(F)C(F)(F)S(=O)(=O)[O-])(C3)C1)C2.CC(C)(O)C1C2OC3C(OC(=O)C31)C2OCC(=O)OCCC(F)C(F)(F)S(=O)(=O)[O-].CC(C)(O)C1C2SC3C(OC(=O)C31)C2OCC(=O)OCCC(F)C(F)(F)S(=O)(=O)[O-]. The summed E-state index contributed by atoms with van der Waals surface area (Å²) in [5, 5.41) is 21.2. The largest absolute Gasteiger partial charge is 0.743 e. The highest BCUT2D eigenvalue weighted by Gasteiger charge is 2.73. The zero-order chi connectivity index (χ0) is 87.6. The van der Waals surface area contributed by atoms with Crippen LogP contribution in [0.4, 0.5) is 52.7 Å². The van der Waals surface area contributed by atoms with E-state index >= 15 is 0 Å². The Labute approximate surface area is 663 Å². The molecule has 8 saturated carbocycles. The van der Waals surface area contributed by atoms with Crippen LogP contribution in [0.5, 0.6) is 0 Å². The smallest absolute Gasteiger partial charge is 0.364 e. The molecular formula is C68H92F12O31S5-4. The van der Waals surface area contributed by atoms with Crippen LogP contribution in [-0.4, -0.2) is 263 Å². The maximum absolute atomic E-state index is 13.6. The number of alkyl halides is 12. The lowest BCUT2D eigenvalue weighted by atomic mass is 9.41. The molecule has 12 bridgehead atoms. The molecule has 20 unspecified atom stereocenters. The van der Waals surface area contributed by atoms with Crippen LogP contribution in [0.25, 0.3) is 0 Å². The third-order valence-corrected chi connectivity index (χ3v) is 30.6. The quantitative estimate of drug-likeness (QED) is 0.0296. The first-order chi connectivity index (χ1) is 52.6. The van der Waals surface area contributed by atoms with Crippen molar-refractivity contribution in [2.24, 2.45) is 75.4 Å². The molecule has 8 aliphatic carbocycles. The summed E-state index contributed by atoms with van der Waals surface area (Å²) in [7, 11) is -24.7. The van der Waals surface area contributed by atoms with Gasteiger partial charge < -0.3 is 81.3 Å². The number of carbonyl (C=O) groups excluding carboxylic acids is 6. The summed E-state index contributed by atoms with van der Waals surface area (Å²) < 4.78 is 330. The van der Waals surface area contributed by atoms with Crippen LogP contribution < -0.4 is 0 Å². The third kappa shape index (κ3) is 18.8. The molecule has 0 spiro atoms. The first-order valence-corrected chi connectivity index (χ1v) is 43.6. The monoisotopic (exact) mass is 1790 g/mol. The number of thioether (sulfide) groups is 1. The Morgan fingerprint density at radius 1 is 0.474 bits per heavy atom. The van der Waals surface area contributed by atoms with Gasteiger partial charge in [-0.25, -0.2) is 60.8 Å². The number of halogens is 12. The number of hydrogen-bond acceptors (Lipinski definition) is 32. The van der Waals surface area contributed by atoms with E-state index in [1.807, 2.05) is 0 Å². The van der Waals surface area contributed by atoms with Gasteiger partial charge in [-0.2, -0.15) is 35.1 Å². The molecular weight excluding hydrogens is 1700 g/mol. The molecule has 668 valence electrons. The van der Waals surface area contributed by atoms with Crippen molar-refractivity contribution in [3.05, 3.63) is 0 Å². The third-order valence-electron chi connectivity index (χ3n) is 25.1. The summed E-state index contributed by atoms with van der Waals surface area (Å²) in [5.74, 6) is -5.96. The van der Waals surface area contributed by atoms with Crippen molar-refractivity contribution >= 4 is 88.1 Å². The number of carbonyl (C=O) groups is 6. The summed E-state index contributed by atoms with van der Waals surface area (Å²) in [5.41, 5.74) is -5.83. The van der Waals surface area contributed by atoms with Gasteiger partial charge in [0.15, 0.2) is 71.3 Å². The van der Waals surface area contributed by atoms with E-state index in [9.17, 15) is 154 Å². The molecule has 48 heteroatoms. The van der Waals surface area contributed by atoms with Crippen LogP contribution in [0.1, 0.15) is 152 Å². The molecule has 6 heterocycles. The molecule has 0 aromatic heterocycles. The molecule has 0 aromatic carbocycles. The molecule has 0 amide bonds. The Bertz CT molecular complexity index is 3970. The van der Waals surface area contributed by atoms with Crippen molar-refractivity contribution in [1.82, 2.24) is 0 Å². The van der Waals surface area contributed by atoms with E-state index in [0.717, 1.165) is 38.5 Å². The molecule has 0 radical (unpaired) electrons. The molecule has 14 fully saturated rings. The average Bonchev–Trinajstić information content (AvgIpc) is 1.41. The molecule has 0 aromatic rings. The summed E-state index contributed by atoms with van der Waals surface area (Å²) >= 11 is 1.43. The Morgan fingerprint density at radius 3 is 1.26 bits per heavy atom. The number of fused-ring (bicyclic) bond motifs is 2. The topological polar surface area (TPSA) is 495 Å². The van der Waals surface area contributed by atoms with E-state index < -0.39 is 287 Å². The first kappa shape index (κ1) is 95.5. The number of aliphatic hydroxyl groups is 4. The summed E-state index contributed by atoms with van der Waals surface area (Å²) in [6.45, 7) is 8.53. The normalized spacial score (nSPS) is 35.2. The van der Waals surface area contributed by atoms with E-state index in [-0.39, 0.29) is 39.6 Å². The summed E-state index contributed by atoms with van der Waals surface area (Å²) in [6.07, 6.45) is -13.9. The van der Waals surface area contributed by atoms with Crippen molar-refractivity contribution in [2.45, 2.75) is 267 Å². The standard InChI is InChI=1S/2C18H27F3O6S.C16H21F3O10S.C16H21F3O9S2/c1-15(2,23)17-8-11-5-12(9-17)7-16(6-11,10-17)14(22)27-4-3-13(19)18(20,21)28(24,25)26;1-16(2,23)17-7-10-5-11(8-17)14(12(6-10)9-17)15(22)27-4-3-13(19)18(20,21)28(24,25)26;1-15(2,22)9-8-10-13(29-14(8)21)12(11(9)28-10)27-5-7(20)26-4-3-6(17)16(18,19)30(23,24)25;1-15(2,22)9-8-12-11(28-14(8)21)10(13(9)29-12)27-5-7(20)26-4-3-6(17)16(18,19)30(23,24)25/h11-13,23H,3-10H2,1-2H3,(H,24,25,26);10-14,23H,3-9H2,1-2H3,(H,24,25,26);2*6,8-13,22H,3-5H2,1-2H3,(H,23,24,25)/p-4. The van der Waals surface area contributed by atoms with Gasteiger partial charge in [-0.15, -0.1) is 11.8 Å². The molecule has 116 heavy (non-hydrogen) atoms. The molecule has 14 aliphatic rings. The van der Waals surface area contributed by atoms with Crippen LogP contribution in [0.2, 0.25) is 0 Å². The number of ether oxygens (including phenoxy) is 9. The van der Waals surface area contributed by atoms with Gasteiger partial charge in [-0.05, 0) is 161 Å². The highest BCUT2D eigenvalue weighted by molar-refractivity contribution is 8.01. The molecule has 4 N–H and O–H groups in total. The highest BCUT2D eigenvalue weighted by atomic mass is 32.2. The molecule has 31 nitrogen and oxygen atoms in total. The van der Waals surface area contributed by atoms with Gasteiger partial charge in [0.2, 0.25) is 0 Å². The molecule has 14 rings (SSSR count). The lowest BCUT2D eigenvalue weighted by Crippen LogP contribution is -2.61. The minimum Gasteiger partial charge on any atom is -0.743 e. The van der Waals surface area contributed by atoms with Gasteiger partial charge in [0.05, 0.1) is 83.4 Å². The second kappa shape index (κ2) is 33.1. The number of hydrogen-bond donors (Lipinski definition) is 4. The lowest BCUT2D eigenvalue weighted by molar-refractivity contribution is -0.209. The predicted octanol–water partition coefficient (Wildman–Crippen LogP) is 5.06. The van der Waals surface area contributed by atoms with Crippen molar-refractivity contribution in [3.63, 3.8) is 0 Å².